The van der Waals surface area contributed by atoms with Gasteiger partial charge in [-0.25, -0.2) is 8.42 Å². The summed E-state index contributed by atoms with van der Waals surface area (Å²) < 4.78 is 30.4. The highest BCUT2D eigenvalue weighted by Gasteiger charge is 2.37. The lowest BCUT2D eigenvalue weighted by Crippen LogP contribution is -2.44. The molecule has 1 aromatic heterocycles. The van der Waals surface area contributed by atoms with Crippen molar-refractivity contribution < 1.29 is 18.0 Å². The molecule has 10 heteroatoms. The lowest BCUT2D eigenvalue weighted by atomic mass is 9.98. The number of fused-ring (bicyclic) bond motifs is 1. The van der Waals surface area contributed by atoms with Gasteiger partial charge in [0.25, 0.3) is 0 Å². The highest BCUT2D eigenvalue weighted by Crippen LogP contribution is 2.30. The van der Waals surface area contributed by atoms with E-state index in [4.69, 9.17) is 0 Å². The molecule has 2 aliphatic heterocycles. The fourth-order valence-corrected chi connectivity index (χ4v) is 7.30. The molecule has 1 N–H and O–H groups in total. The van der Waals surface area contributed by atoms with Gasteiger partial charge in [0, 0.05) is 31.0 Å². The van der Waals surface area contributed by atoms with Crippen molar-refractivity contribution in [1.29, 1.82) is 0 Å². The Kier molecular flexibility index (Phi) is 7.11. The van der Waals surface area contributed by atoms with Crippen molar-refractivity contribution in [2.45, 2.75) is 51.5 Å². The lowest BCUT2D eigenvalue weighted by Gasteiger charge is -2.31. The number of para-hydroxylation sites is 1. The number of hydrogen-bond acceptors (Lipinski definition) is 5. The number of amides is 2. The Hall–Kier alpha value is -3.50. The molecule has 0 aliphatic carbocycles. The number of aryl methyl sites for hydroxylation is 2. The Morgan fingerprint density at radius 1 is 1.03 bits per heavy atom. The number of benzene rings is 2. The van der Waals surface area contributed by atoms with Gasteiger partial charge in [-0.2, -0.15) is 9.40 Å². The van der Waals surface area contributed by atoms with Crippen LogP contribution in [0.2, 0.25) is 0 Å². The van der Waals surface area contributed by atoms with Gasteiger partial charge < -0.3 is 10.2 Å². The molecule has 0 saturated carbocycles. The normalized spacial score (nSPS) is 17.9. The van der Waals surface area contributed by atoms with E-state index < -0.39 is 15.9 Å². The molecule has 9 nitrogen and oxygen atoms in total. The van der Waals surface area contributed by atoms with Gasteiger partial charge in [0.05, 0.1) is 17.3 Å². The second-order valence-electron chi connectivity index (χ2n) is 10.1. The molecule has 1 unspecified atom stereocenters. The van der Waals surface area contributed by atoms with Gasteiger partial charge in [-0.1, -0.05) is 35.9 Å². The molecule has 5 rings (SSSR count). The first-order valence-corrected chi connectivity index (χ1v) is 14.4. The van der Waals surface area contributed by atoms with Crippen LogP contribution in [-0.2, 0) is 32.6 Å². The van der Waals surface area contributed by atoms with Crippen molar-refractivity contribution >= 4 is 33.2 Å². The van der Waals surface area contributed by atoms with Gasteiger partial charge in [0.15, 0.2) is 0 Å². The van der Waals surface area contributed by atoms with Crippen LogP contribution < -0.4 is 10.2 Å². The fraction of sp³-hybridized carbons (Fsp3) is 0.393. The smallest absolute Gasteiger partial charge is 0.248 e. The number of piperidine rings is 1. The first-order valence-electron chi connectivity index (χ1n) is 12.9. The van der Waals surface area contributed by atoms with Crippen LogP contribution in [0.15, 0.2) is 53.4 Å². The number of nitrogens with zero attached hydrogens (tertiary/aromatic N) is 4. The number of rotatable bonds is 6. The van der Waals surface area contributed by atoms with E-state index in [1.54, 1.807) is 18.7 Å². The summed E-state index contributed by atoms with van der Waals surface area (Å²) in [6.45, 7) is 6.31. The van der Waals surface area contributed by atoms with Crippen LogP contribution in [0.5, 0.6) is 0 Å². The lowest BCUT2D eigenvalue weighted by molar-refractivity contribution is -0.121. The van der Waals surface area contributed by atoms with Crippen molar-refractivity contribution in [3.63, 3.8) is 0 Å². The fourth-order valence-electron chi connectivity index (χ4n) is 5.40. The molecule has 38 heavy (non-hydrogen) atoms. The molecular weight excluding hydrogens is 502 g/mol. The molecule has 2 aliphatic rings. The van der Waals surface area contributed by atoms with Crippen LogP contribution >= 0.6 is 0 Å². The number of carbonyl (C=O) groups is 2. The Morgan fingerprint density at radius 3 is 2.53 bits per heavy atom. The molecule has 0 radical (unpaired) electrons. The summed E-state index contributed by atoms with van der Waals surface area (Å²) in [7, 11) is -3.91. The van der Waals surface area contributed by atoms with Crippen LogP contribution in [0.3, 0.4) is 0 Å². The maximum absolute atomic E-state index is 13.8. The Labute approximate surface area is 223 Å². The number of hydrogen-bond donors (Lipinski definition) is 1. The van der Waals surface area contributed by atoms with Crippen LogP contribution in [-0.4, -0.2) is 54.0 Å². The molecule has 3 heterocycles. The average molecular weight is 536 g/mol. The first kappa shape index (κ1) is 26.1. The first-order chi connectivity index (χ1) is 18.1. The van der Waals surface area contributed by atoms with E-state index in [0.717, 1.165) is 23.2 Å². The predicted octanol–water partition coefficient (Wildman–Crippen LogP) is 3.44. The minimum absolute atomic E-state index is 0.0435. The van der Waals surface area contributed by atoms with E-state index in [1.807, 2.05) is 55.5 Å². The SMILES string of the molecule is Cc1ccc(NC(=O)C2CCCN(S(=O)(=O)c3c(C)nn(CC(=O)N4CCc5ccccc54)c3C)C2)cc1. The van der Waals surface area contributed by atoms with E-state index in [2.05, 4.69) is 10.4 Å². The molecule has 2 aromatic carbocycles. The van der Waals surface area contributed by atoms with Crippen molar-refractivity contribution in [2.24, 2.45) is 5.92 Å². The van der Waals surface area contributed by atoms with E-state index >= 15 is 0 Å². The molecule has 3 aromatic rings. The third-order valence-corrected chi connectivity index (χ3v) is 9.58. The summed E-state index contributed by atoms with van der Waals surface area (Å²) in [5.74, 6) is -0.767. The summed E-state index contributed by atoms with van der Waals surface area (Å²) in [6.07, 6.45) is 2.00. The second-order valence-corrected chi connectivity index (χ2v) is 12.0. The largest absolute Gasteiger partial charge is 0.326 e. The monoisotopic (exact) mass is 535 g/mol. The van der Waals surface area contributed by atoms with Crippen molar-refractivity contribution in [3.8, 4) is 0 Å². The van der Waals surface area contributed by atoms with Crippen LogP contribution in [0.1, 0.15) is 35.4 Å². The summed E-state index contributed by atoms with van der Waals surface area (Å²) in [4.78, 5) is 27.9. The van der Waals surface area contributed by atoms with Gasteiger partial charge in [-0.3, -0.25) is 14.3 Å². The van der Waals surface area contributed by atoms with Crippen LogP contribution in [0.4, 0.5) is 11.4 Å². The zero-order chi connectivity index (χ0) is 27.0. The average Bonchev–Trinajstić information content (AvgIpc) is 3.46. The number of sulfonamides is 1. The maximum Gasteiger partial charge on any atom is 0.248 e. The predicted molar refractivity (Wildman–Crippen MR) is 145 cm³/mol. The van der Waals surface area contributed by atoms with Crippen molar-refractivity contribution in [3.05, 3.63) is 71.0 Å². The summed E-state index contributed by atoms with van der Waals surface area (Å²) in [5, 5.41) is 7.35. The van der Waals surface area contributed by atoms with Gasteiger partial charge in [-0.15, -0.1) is 0 Å². The zero-order valence-corrected chi connectivity index (χ0v) is 22.8. The Balaban J connectivity index is 1.31. The van der Waals surface area contributed by atoms with Gasteiger partial charge in [0.1, 0.15) is 11.4 Å². The van der Waals surface area contributed by atoms with Gasteiger partial charge in [0.2, 0.25) is 21.8 Å². The van der Waals surface area contributed by atoms with E-state index in [-0.39, 0.29) is 29.8 Å². The molecule has 0 spiro atoms. The third kappa shape index (κ3) is 4.98. The minimum atomic E-state index is -3.91. The number of carbonyl (C=O) groups excluding carboxylic acids is 2. The molecule has 1 saturated heterocycles. The minimum Gasteiger partial charge on any atom is -0.326 e. The molecule has 200 valence electrons. The molecule has 1 fully saturated rings. The van der Waals surface area contributed by atoms with E-state index in [0.29, 0.717) is 43.0 Å². The van der Waals surface area contributed by atoms with Gasteiger partial charge >= 0.3 is 0 Å². The summed E-state index contributed by atoms with van der Waals surface area (Å²) in [5.41, 5.74) is 4.59. The Morgan fingerprint density at radius 2 is 1.76 bits per heavy atom. The highest BCUT2D eigenvalue weighted by molar-refractivity contribution is 7.89. The number of anilines is 2. The molecule has 0 bridgehead atoms. The highest BCUT2D eigenvalue weighted by atomic mass is 32.2. The number of aromatic nitrogens is 2. The standard InChI is InChI=1S/C28H33N5O4S/c1-19-10-12-24(13-11-19)29-28(35)23-8-6-15-31(17-23)38(36,37)27-20(2)30-33(21(27)3)18-26(34)32-16-14-22-7-4-5-9-25(22)32/h4-5,7,9-13,23H,6,8,14-18H2,1-3H3,(H,29,35). The topological polar surface area (TPSA) is 105 Å². The van der Waals surface area contributed by atoms with Crippen LogP contribution in [0.25, 0.3) is 0 Å². The molecule has 2 amide bonds. The maximum atomic E-state index is 13.8. The van der Waals surface area contributed by atoms with Crippen molar-refractivity contribution in [2.75, 3.05) is 29.9 Å². The van der Waals surface area contributed by atoms with E-state index in [1.165, 1.54) is 8.99 Å². The summed E-state index contributed by atoms with van der Waals surface area (Å²) >= 11 is 0. The Bertz CT molecular complexity index is 1480. The quantitative estimate of drug-likeness (QED) is 0.521. The van der Waals surface area contributed by atoms with E-state index in [9.17, 15) is 18.0 Å². The second kappa shape index (κ2) is 10.3. The summed E-state index contributed by atoms with van der Waals surface area (Å²) in [6, 6.07) is 15.3. The number of nitrogens with one attached hydrogen (secondary N) is 1. The van der Waals surface area contributed by atoms with Crippen LogP contribution in [0, 0.1) is 26.7 Å². The van der Waals surface area contributed by atoms with Gasteiger partial charge in [-0.05, 0) is 63.8 Å². The molecule has 1 atom stereocenters. The molecular formula is C28H33N5O4S. The zero-order valence-electron chi connectivity index (χ0n) is 22.0. The van der Waals surface area contributed by atoms with Crippen molar-refractivity contribution in [1.82, 2.24) is 14.1 Å². The third-order valence-electron chi connectivity index (χ3n) is 7.46.